The highest BCUT2D eigenvalue weighted by atomic mass is 16.3. The molecule has 0 bridgehead atoms. The van der Waals surface area contributed by atoms with E-state index in [1.54, 1.807) is 0 Å². The molecular weight excluding hydrogens is 198 g/mol. The molecule has 0 fully saturated rings. The van der Waals surface area contributed by atoms with Crippen LogP contribution < -0.4 is 5.32 Å². The van der Waals surface area contributed by atoms with Crippen molar-refractivity contribution in [1.29, 1.82) is 0 Å². The van der Waals surface area contributed by atoms with Gasteiger partial charge in [0.15, 0.2) is 0 Å². The molecule has 0 aliphatic carbocycles. The Hall–Kier alpha value is -1.50. The number of carbonyl (C=O) groups excluding carboxylic acids is 1. The Morgan fingerprint density at radius 3 is 3.00 bits per heavy atom. The SMILES string of the molecule is CCC(CCO)CNC(=O)c1nn[nH]n1. The Kier molecular flexibility index (Phi) is 4.69. The Labute approximate surface area is 87.3 Å². The molecule has 1 heterocycles. The summed E-state index contributed by atoms with van der Waals surface area (Å²) in [5.41, 5.74) is 0. The number of hydrogen-bond acceptors (Lipinski definition) is 5. The quantitative estimate of drug-likeness (QED) is 0.582. The Morgan fingerprint density at radius 1 is 1.67 bits per heavy atom. The van der Waals surface area contributed by atoms with Crippen molar-refractivity contribution >= 4 is 5.91 Å². The molecule has 0 spiro atoms. The number of nitrogens with zero attached hydrogens (tertiary/aromatic N) is 3. The van der Waals surface area contributed by atoms with Crippen molar-refractivity contribution in [1.82, 2.24) is 25.9 Å². The molecule has 7 nitrogen and oxygen atoms in total. The zero-order chi connectivity index (χ0) is 11.1. The summed E-state index contributed by atoms with van der Waals surface area (Å²) < 4.78 is 0. The minimum absolute atomic E-state index is 0.0360. The summed E-state index contributed by atoms with van der Waals surface area (Å²) in [6.45, 7) is 2.67. The number of aromatic amines is 1. The number of aliphatic hydroxyl groups excluding tert-OH is 1. The first kappa shape index (κ1) is 11.6. The molecule has 0 aromatic carbocycles. The minimum atomic E-state index is -0.347. The molecule has 1 atom stereocenters. The third-order valence-electron chi connectivity index (χ3n) is 2.21. The molecule has 0 radical (unpaired) electrons. The lowest BCUT2D eigenvalue weighted by atomic mass is 10.0. The van der Waals surface area contributed by atoms with Crippen LogP contribution in [0.1, 0.15) is 30.4 Å². The van der Waals surface area contributed by atoms with Crippen molar-refractivity contribution in [3.05, 3.63) is 5.82 Å². The van der Waals surface area contributed by atoms with E-state index in [0.717, 1.165) is 6.42 Å². The fourth-order valence-electron chi connectivity index (χ4n) is 1.21. The van der Waals surface area contributed by atoms with Gasteiger partial charge in [0.25, 0.3) is 11.7 Å². The molecule has 1 rings (SSSR count). The van der Waals surface area contributed by atoms with Crippen LogP contribution in [0.5, 0.6) is 0 Å². The molecule has 3 N–H and O–H groups in total. The summed E-state index contributed by atoms with van der Waals surface area (Å²) in [7, 11) is 0. The zero-order valence-electron chi connectivity index (χ0n) is 8.60. The molecule has 0 aliphatic rings. The van der Waals surface area contributed by atoms with Gasteiger partial charge in [0.05, 0.1) is 0 Å². The Morgan fingerprint density at radius 2 is 2.47 bits per heavy atom. The van der Waals surface area contributed by atoms with Crippen LogP contribution in [0.15, 0.2) is 0 Å². The topological polar surface area (TPSA) is 104 Å². The fourth-order valence-corrected chi connectivity index (χ4v) is 1.21. The summed E-state index contributed by atoms with van der Waals surface area (Å²) in [6.07, 6.45) is 1.59. The van der Waals surface area contributed by atoms with E-state index >= 15 is 0 Å². The molecule has 15 heavy (non-hydrogen) atoms. The Balaban J connectivity index is 2.33. The predicted octanol–water partition coefficient (Wildman–Crippen LogP) is -0.662. The lowest BCUT2D eigenvalue weighted by Gasteiger charge is -2.12. The molecule has 84 valence electrons. The fraction of sp³-hybridized carbons (Fsp3) is 0.750. The minimum Gasteiger partial charge on any atom is -0.396 e. The molecular formula is C8H15N5O2. The van der Waals surface area contributed by atoms with Crippen molar-refractivity contribution in [2.75, 3.05) is 13.2 Å². The zero-order valence-corrected chi connectivity index (χ0v) is 8.60. The standard InChI is InChI=1S/C8H15N5O2/c1-2-6(3-4-14)5-9-8(15)7-10-12-13-11-7/h6,14H,2-5H2,1H3,(H,9,15)(H,10,11,12,13). The van der Waals surface area contributed by atoms with E-state index in [9.17, 15) is 4.79 Å². The lowest BCUT2D eigenvalue weighted by Crippen LogP contribution is -2.30. The van der Waals surface area contributed by atoms with E-state index in [-0.39, 0.29) is 24.3 Å². The number of amides is 1. The monoisotopic (exact) mass is 213 g/mol. The number of aromatic nitrogens is 4. The van der Waals surface area contributed by atoms with Gasteiger partial charge in [0.1, 0.15) is 0 Å². The maximum atomic E-state index is 11.4. The molecule has 0 aliphatic heterocycles. The highest BCUT2D eigenvalue weighted by molar-refractivity contribution is 5.89. The number of nitrogens with one attached hydrogen (secondary N) is 2. The number of carbonyl (C=O) groups is 1. The third kappa shape index (κ3) is 3.62. The third-order valence-corrected chi connectivity index (χ3v) is 2.21. The molecule has 7 heteroatoms. The van der Waals surface area contributed by atoms with E-state index in [2.05, 4.69) is 25.9 Å². The van der Waals surface area contributed by atoms with Gasteiger partial charge in [0, 0.05) is 13.2 Å². The van der Waals surface area contributed by atoms with Gasteiger partial charge in [-0.1, -0.05) is 13.3 Å². The second-order valence-corrected chi connectivity index (χ2v) is 3.23. The molecule has 1 amide bonds. The largest absolute Gasteiger partial charge is 0.396 e. The van der Waals surface area contributed by atoms with E-state index in [0.29, 0.717) is 13.0 Å². The lowest BCUT2D eigenvalue weighted by molar-refractivity contribution is 0.0933. The summed E-state index contributed by atoms with van der Waals surface area (Å²) in [4.78, 5) is 11.4. The summed E-state index contributed by atoms with van der Waals surface area (Å²) >= 11 is 0. The van der Waals surface area contributed by atoms with Gasteiger partial charge in [-0.25, -0.2) is 0 Å². The first-order chi connectivity index (χ1) is 7.27. The molecule has 1 unspecified atom stereocenters. The van der Waals surface area contributed by atoms with E-state index in [1.807, 2.05) is 6.92 Å². The van der Waals surface area contributed by atoms with Gasteiger partial charge in [-0.05, 0) is 17.6 Å². The van der Waals surface area contributed by atoms with Crippen molar-refractivity contribution in [3.8, 4) is 0 Å². The van der Waals surface area contributed by atoms with Crippen molar-refractivity contribution < 1.29 is 9.90 Å². The van der Waals surface area contributed by atoms with Crippen LogP contribution in [0, 0.1) is 5.92 Å². The summed E-state index contributed by atoms with van der Waals surface area (Å²) in [5, 5.41) is 24.1. The highest BCUT2D eigenvalue weighted by Crippen LogP contribution is 2.05. The van der Waals surface area contributed by atoms with Gasteiger partial charge < -0.3 is 10.4 Å². The number of hydrogen-bond donors (Lipinski definition) is 3. The van der Waals surface area contributed by atoms with Crippen LogP contribution in [0.25, 0.3) is 0 Å². The van der Waals surface area contributed by atoms with Crippen LogP contribution in [0.3, 0.4) is 0 Å². The van der Waals surface area contributed by atoms with Gasteiger partial charge in [-0.3, -0.25) is 4.79 Å². The average Bonchev–Trinajstić information content (AvgIpc) is 2.77. The maximum absolute atomic E-state index is 11.4. The van der Waals surface area contributed by atoms with Crippen LogP contribution in [0.4, 0.5) is 0 Å². The summed E-state index contributed by atoms with van der Waals surface area (Å²) in [6, 6.07) is 0. The second-order valence-electron chi connectivity index (χ2n) is 3.23. The van der Waals surface area contributed by atoms with Gasteiger partial charge in [-0.2, -0.15) is 5.21 Å². The van der Waals surface area contributed by atoms with Gasteiger partial charge in [-0.15, -0.1) is 10.2 Å². The van der Waals surface area contributed by atoms with Gasteiger partial charge >= 0.3 is 0 Å². The predicted molar refractivity (Wildman–Crippen MR) is 52.0 cm³/mol. The highest BCUT2D eigenvalue weighted by Gasteiger charge is 2.12. The molecule has 1 aromatic rings. The number of tetrazole rings is 1. The number of H-pyrrole nitrogens is 1. The molecule has 0 saturated carbocycles. The second kappa shape index (κ2) is 6.07. The van der Waals surface area contributed by atoms with E-state index < -0.39 is 0 Å². The van der Waals surface area contributed by atoms with Crippen molar-refractivity contribution in [2.45, 2.75) is 19.8 Å². The van der Waals surface area contributed by atoms with Gasteiger partial charge in [0.2, 0.25) is 0 Å². The Bertz CT molecular complexity index is 287. The molecule has 0 saturated heterocycles. The first-order valence-electron chi connectivity index (χ1n) is 4.90. The smallest absolute Gasteiger partial charge is 0.292 e. The number of rotatable bonds is 6. The summed E-state index contributed by atoms with van der Waals surface area (Å²) in [5.74, 6) is -0.0279. The van der Waals surface area contributed by atoms with Crippen molar-refractivity contribution in [2.24, 2.45) is 5.92 Å². The van der Waals surface area contributed by atoms with Crippen LogP contribution >= 0.6 is 0 Å². The number of aliphatic hydroxyl groups is 1. The molecule has 1 aromatic heterocycles. The average molecular weight is 213 g/mol. The van der Waals surface area contributed by atoms with Crippen LogP contribution in [0.2, 0.25) is 0 Å². The first-order valence-corrected chi connectivity index (χ1v) is 4.90. The van der Waals surface area contributed by atoms with E-state index in [1.165, 1.54) is 0 Å². The van der Waals surface area contributed by atoms with Crippen LogP contribution in [-0.4, -0.2) is 44.8 Å². The maximum Gasteiger partial charge on any atom is 0.292 e. The van der Waals surface area contributed by atoms with E-state index in [4.69, 9.17) is 5.11 Å². The van der Waals surface area contributed by atoms with Crippen LogP contribution in [-0.2, 0) is 0 Å². The normalized spacial score (nSPS) is 12.4. The van der Waals surface area contributed by atoms with Crippen molar-refractivity contribution in [3.63, 3.8) is 0 Å².